The Balaban J connectivity index is 1.40. The highest BCUT2D eigenvalue weighted by Gasteiger charge is 2.27. The van der Waals surface area contributed by atoms with E-state index in [0.29, 0.717) is 38.0 Å². The van der Waals surface area contributed by atoms with E-state index < -0.39 is 0 Å². The van der Waals surface area contributed by atoms with Crippen LogP contribution in [0.4, 0.5) is 0 Å². The van der Waals surface area contributed by atoms with Crippen LogP contribution in [0, 0.1) is 6.92 Å². The van der Waals surface area contributed by atoms with Crippen LogP contribution in [0.15, 0.2) is 30.3 Å². The summed E-state index contributed by atoms with van der Waals surface area (Å²) in [5.41, 5.74) is 4.98. The summed E-state index contributed by atoms with van der Waals surface area (Å²) in [5.74, 6) is 1.26. The number of fused-ring (bicyclic) bond motifs is 1. The number of aromatic amines is 1. The molecule has 0 unspecified atom stereocenters. The van der Waals surface area contributed by atoms with Gasteiger partial charge in [-0.2, -0.15) is 5.10 Å². The van der Waals surface area contributed by atoms with Crippen molar-refractivity contribution in [1.29, 1.82) is 0 Å². The Kier molecular flexibility index (Phi) is 4.67. The van der Waals surface area contributed by atoms with Crippen molar-refractivity contribution in [3.05, 3.63) is 41.6 Å². The number of H-pyrrole nitrogens is 1. The first-order valence-electron chi connectivity index (χ1n) is 10.1. The van der Waals surface area contributed by atoms with Gasteiger partial charge in [-0.25, -0.2) is 4.98 Å². The fraction of sp³-hybridized carbons (Fsp3) is 0.409. The Bertz CT molecular complexity index is 1050. The van der Waals surface area contributed by atoms with Crippen molar-refractivity contribution in [3.8, 4) is 17.1 Å². The molecule has 7 nitrogen and oxygen atoms in total. The lowest BCUT2D eigenvalue weighted by Crippen LogP contribution is -2.42. The third-order valence-electron chi connectivity index (χ3n) is 5.52. The second kappa shape index (κ2) is 7.48. The van der Waals surface area contributed by atoms with Gasteiger partial charge < -0.3 is 14.4 Å². The first-order chi connectivity index (χ1) is 14.2. The zero-order valence-electron chi connectivity index (χ0n) is 16.5. The summed E-state index contributed by atoms with van der Waals surface area (Å²) in [6.45, 7) is 4.48. The molecule has 2 fully saturated rings. The topological polar surface area (TPSA) is 80.3 Å². The van der Waals surface area contributed by atoms with E-state index in [2.05, 4.69) is 16.3 Å². The molecular formula is C22H24N4O3. The highest BCUT2D eigenvalue weighted by Crippen LogP contribution is 2.44. The number of carbonyl (C=O) groups is 1. The molecule has 3 heterocycles. The molecule has 29 heavy (non-hydrogen) atoms. The SMILES string of the molecule is Cc1cc(-c2cc(C3CC3)c3cc(OCC(=O)N4CCOCC4)ccc3n2)n[nH]1. The number of aromatic nitrogens is 3. The van der Waals surface area contributed by atoms with E-state index in [-0.39, 0.29) is 12.5 Å². The maximum atomic E-state index is 12.3. The van der Waals surface area contributed by atoms with E-state index in [4.69, 9.17) is 14.5 Å². The second-order valence-electron chi connectivity index (χ2n) is 7.77. The predicted octanol–water partition coefficient (Wildman–Crippen LogP) is 3.05. The van der Waals surface area contributed by atoms with E-state index >= 15 is 0 Å². The first kappa shape index (κ1) is 18.1. The predicted molar refractivity (Wildman–Crippen MR) is 109 cm³/mol. The minimum atomic E-state index is -0.00168. The lowest BCUT2D eigenvalue weighted by Gasteiger charge is -2.26. The van der Waals surface area contributed by atoms with E-state index in [9.17, 15) is 4.79 Å². The third-order valence-corrected chi connectivity index (χ3v) is 5.52. The Morgan fingerprint density at radius 3 is 2.76 bits per heavy atom. The minimum absolute atomic E-state index is 0.00168. The zero-order valence-corrected chi connectivity index (χ0v) is 16.5. The number of benzene rings is 1. The molecule has 0 atom stereocenters. The number of amides is 1. The van der Waals surface area contributed by atoms with Crippen LogP contribution in [0.2, 0.25) is 0 Å². The van der Waals surface area contributed by atoms with Crippen LogP contribution in [0.5, 0.6) is 5.75 Å². The molecule has 2 aliphatic rings. The number of nitrogens with zero attached hydrogens (tertiary/aromatic N) is 3. The lowest BCUT2D eigenvalue weighted by atomic mass is 10.0. The van der Waals surface area contributed by atoms with Crippen LogP contribution < -0.4 is 4.74 Å². The average Bonchev–Trinajstić information content (AvgIpc) is 3.51. The van der Waals surface area contributed by atoms with Crippen LogP contribution in [0.25, 0.3) is 22.3 Å². The number of rotatable bonds is 5. The molecule has 1 aromatic carbocycles. The number of pyridine rings is 1. The smallest absolute Gasteiger partial charge is 0.260 e. The molecule has 0 spiro atoms. The zero-order chi connectivity index (χ0) is 19.8. The minimum Gasteiger partial charge on any atom is -0.484 e. The number of nitrogens with one attached hydrogen (secondary N) is 1. The van der Waals surface area contributed by atoms with Gasteiger partial charge in [0.2, 0.25) is 0 Å². The summed E-state index contributed by atoms with van der Waals surface area (Å²) in [4.78, 5) is 19.0. The molecule has 1 aliphatic heterocycles. The number of aryl methyl sites for hydroxylation is 1. The molecule has 7 heteroatoms. The van der Waals surface area contributed by atoms with Gasteiger partial charge in [0, 0.05) is 24.2 Å². The highest BCUT2D eigenvalue weighted by molar-refractivity contribution is 5.87. The van der Waals surface area contributed by atoms with E-state index in [1.807, 2.05) is 31.2 Å². The van der Waals surface area contributed by atoms with Crippen molar-refractivity contribution >= 4 is 16.8 Å². The van der Waals surface area contributed by atoms with Crippen molar-refractivity contribution in [3.63, 3.8) is 0 Å². The van der Waals surface area contributed by atoms with Crippen LogP contribution in [-0.2, 0) is 9.53 Å². The van der Waals surface area contributed by atoms with Gasteiger partial charge in [-0.1, -0.05) is 0 Å². The van der Waals surface area contributed by atoms with Crippen molar-refractivity contribution < 1.29 is 14.3 Å². The van der Waals surface area contributed by atoms with Gasteiger partial charge in [0.15, 0.2) is 6.61 Å². The molecule has 5 rings (SSSR count). The maximum absolute atomic E-state index is 12.3. The first-order valence-corrected chi connectivity index (χ1v) is 10.1. The Morgan fingerprint density at radius 1 is 1.21 bits per heavy atom. The standard InChI is InChI=1S/C22H24N4O3/c1-14-10-21(25-24-14)20-12-17(15-2-3-15)18-11-16(4-5-19(18)23-20)29-13-22(27)26-6-8-28-9-7-26/h4-5,10-12,15H,2-3,6-9,13H2,1H3,(H,24,25). The van der Waals surface area contributed by atoms with Crippen molar-refractivity contribution in [1.82, 2.24) is 20.1 Å². The van der Waals surface area contributed by atoms with E-state index in [1.54, 1.807) is 4.90 Å². The Morgan fingerprint density at radius 2 is 2.03 bits per heavy atom. The van der Waals surface area contributed by atoms with Crippen LogP contribution in [0.3, 0.4) is 0 Å². The number of hydrogen-bond acceptors (Lipinski definition) is 5. The van der Waals surface area contributed by atoms with Gasteiger partial charge in [-0.15, -0.1) is 0 Å². The van der Waals surface area contributed by atoms with Crippen molar-refractivity contribution in [2.45, 2.75) is 25.7 Å². The summed E-state index contributed by atoms with van der Waals surface area (Å²) < 4.78 is 11.1. The Hall–Kier alpha value is -2.93. The van der Waals surface area contributed by atoms with Gasteiger partial charge >= 0.3 is 0 Å². The molecule has 1 N–H and O–H groups in total. The summed E-state index contributed by atoms with van der Waals surface area (Å²) in [7, 11) is 0. The fourth-order valence-corrected chi connectivity index (χ4v) is 3.78. The number of hydrogen-bond donors (Lipinski definition) is 1. The number of carbonyl (C=O) groups excluding carboxylic acids is 1. The van der Waals surface area contributed by atoms with Crippen LogP contribution in [0.1, 0.15) is 30.0 Å². The number of ether oxygens (including phenoxy) is 2. The monoisotopic (exact) mass is 392 g/mol. The third kappa shape index (κ3) is 3.82. The van der Waals surface area contributed by atoms with Crippen LogP contribution in [-0.4, -0.2) is 58.9 Å². The maximum Gasteiger partial charge on any atom is 0.260 e. The van der Waals surface area contributed by atoms with E-state index in [1.165, 1.54) is 18.4 Å². The summed E-state index contributed by atoms with van der Waals surface area (Å²) >= 11 is 0. The van der Waals surface area contributed by atoms with Gasteiger partial charge in [0.1, 0.15) is 11.4 Å². The molecule has 150 valence electrons. The second-order valence-corrected chi connectivity index (χ2v) is 7.77. The van der Waals surface area contributed by atoms with Crippen LogP contribution >= 0.6 is 0 Å². The molecule has 0 bridgehead atoms. The van der Waals surface area contributed by atoms with Crippen molar-refractivity contribution in [2.75, 3.05) is 32.9 Å². The molecule has 1 saturated carbocycles. The quantitative estimate of drug-likeness (QED) is 0.722. The molecular weight excluding hydrogens is 368 g/mol. The molecule has 2 aromatic heterocycles. The summed E-state index contributed by atoms with van der Waals surface area (Å²) in [6.07, 6.45) is 2.39. The summed E-state index contributed by atoms with van der Waals surface area (Å²) in [6, 6.07) is 10.0. The molecule has 3 aromatic rings. The normalized spacial score (nSPS) is 16.9. The van der Waals surface area contributed by atoms with Gasteiger partial charge in [0.05, 0.1) is 24.4 Å². The molecule has 1 aliphatic carbocycles. The molecule has 1 amide bonds. The van der Waals surface area contributed by atoms with Crippen molar-refractivity contribution in [2.24, 2.45) is 0 Å². The average molecular weight is 392 g/mol. The van der Waals surface area contributed by atoms with Gasteiger partial charge in [-0.3, -0.25) is 9.89 Å². The lowest BCUT2D eigenvalue weighted by molar-refractivity contribution is -0.137. The molecule has 0 radical (unpaired) electrons. The van der Waals surface area contributed by atoms with E-state index in [0.717, 1.165) is 28.0 Å². The number of morpholine rings is 1. The summed E-state index contributed by atoms with van der Waals surface area (Å²) in [5, 5.41) is 8.45. The van der Waals surface area contributed by atoms with Gasteiger partial charge in [0.25, 0.3) is 5.91 Å². The Labute approximate surface area is 169 Å². The highest BCUT2D eigenvalue weighted by atomic mass is 16.5. The van der Waals surface area contributed by atoms with Gasteiger partial charge in [-0.05, 0) is 61.6 Å². The fourth-order valence-electron chi connectivity index (χ4n) is 3.78. The molecule has 1 saturated heterocycles. The largest absolute Gasteiger partial charge is 0.484 e.